The summed E-state index contributed by atoms with van der Waals surface area (Å²) in [5.74, 6) is 1.39. The molecular formula is C27H24N8O. The third kappa shape index (κ3) is 3.69. The fraction of sp³-hybridized carbons (Fsp3) is 0.222. The Hall–Kier alpha value is -4.53. The molecule has 7 rings (SSSR count). The average molecular weight is 477 g/mol. The molecule has 0 atom stereocenters. The number of hydrogen-bond donors (Lipinski definition) is 3. The van der Waals surface area contributed by atoms with Crippen LogP contribution < -0.4 is 5.32 Å². The summed E-state index contributed by atoms with van der Waals surface area (Å²) in [4.78, 5) is 21.8. The molecule has 0 spiro atoms. The van der Waals surface area contributed by atoms with Gasteiger partial charge in [0.1, 0.15) is 11.2 Å². The summed E-state index contributed by atoms with van der Waals surface area (Å²) in [5, 5.41) is 12.1. The van der Waals surface area contributed by atoms with Gasteiger partial charge < -0.3 is 14.7 Å². The van der Waals surface area contributed by atoms with Gasteiger partial charge in [-0.15, -0.1) is 0 Å². The first kappa shape index (κ1) is 20.8. The number of nitrogens with one attached hydrogen (secondary N) is 3. The van der Waals surface area contributed by atoms with Crippen LogP contribution in [0.1, 0.15) is 25.7 Å². The molecule has 1 fully saturated rings. The number of aromatic amines is 2. The van der Waals surface area contributed by atoms with E-state index in [0.29, 0.717) is 17.2 Å². The lowest BCUT2D eigenvalue weighted by atomic mass is 10.1. The van der Waals surface area contributed by atoms with Crippen LogP contribution in [0.3, 0.4) is 0 Å². The molecule has 0 saturated heterocycles. The molecule has 1 aliphatic rings. The molecule has 6 aromatic heterocycles. The summed E-state index contributed by atoms with van der Waals surface area (Å²) in [6, 6.07) is 7.99. The first-order valence-corrected chi connectivity index (χ1v) is 12.2. The minimum atomic E-state index is 0.641. The van der Waals surface area contributed by atoms with E-state index in [1.807, 2.05) is 30.6 Å². The molecule has 0 radical (unpaired) electrons. The molecule has 0 aliphatic heterocycles. The summed E-state index contributed by atoms with van der Waals surface area (Å²) >= 11 is 0. The van der Waals surface area contributed by atoms with E-state index in [0.717, 1.165) is 57.0 Å². The highest BCUT2D eigenvalue weighted by Crippen LogP contribution is 2.32. The Morgan fingerprint density at radius 3 is 2.86 bits per heavy atom. The predicted octanol–water partition coefficient (Wildman–Crippen LogP) is 5.82. The van der Waals surface area contributed by atoms with Crippen LogP contribution in [-0.4, -0.2) is 41.7 Å². The van der Waals surface area contributed by atoms with Gasteiger partial charge in [0.05, 0.1) is 35.6 Å². The number of nitrogens with zero attached hydrogens (tertiary/aromatic N) is 5. The van der Waals surface area contributed by atoms with Crippen LogP contribution in [0.4, 0.5) is 5.69 Å². The van der Waals surface area contributed by atoms with E-state index in [-0.39, 0.29) is 0 Å². The standard InChI is InChI=1S/C27H24N8O/c1-2-4-16(3-1)11-30-19-9-18(12-28-13-19)22-10-21-23(14-31-22)34-35-25(21)27-32-24-20(17-6-8-36-15-17)5-7-29-26(24)33-27/h5-10,12-16,30H,1-4,11H2,(H,34,35)(H,29,32,33). The van der Waals surface area contributed by atoms with E-state index >= 15 is 0 Å². The number of pyridine rings is 3. The topological polar surface area (TPSA) is 121 Å². The van der Waals surface area contributed by atoms with E-state index in [1.54, 1.807) is 24.9 Å². The lowest BCUT2D eigenvalue weighted by Crippen LogP contribution is -2.11. The van der Waals surface area contributed by atoms with Crippen molar-refractivity contribution in [3.8, 4) is 33.9 Å². The summed E-state index contributed by atoms with van der Waals surface area (Å²) in [5.41, 5.74) is 7.71. The number of furan rings is 1. The maximum Gasteiger partial charge on any atom is 0.160 e. The molecule has 0 bridgehead atoms. The first-order chi connectivity index (χ1) is 17.8. The van der Waals surface area contributed by atoms with Gasteiger partial charge in [-0.05, 0) is 43.0 Å². The van der Waals surface area contributed by atoms with Gasteiger partial charge >= 0.3 is 0 Å². The van der Waals surface area contributed by atoms with Crippen molar-refractivity contribution in [2.24, 2.45) is 5.92 Å². The number of aromatic nitrogens is 7. The van der Waals surface area contributed by atoms with Crippen molar-refractivity contribution in [3.05, 3.63) is 61.6 Å². The fourth-order valence-corrected chi connectivity index (χ4v) is 5.08. The van der Waals surface area contributed by atoms with Crippen LogP contribution in [-0.2, 0) is 0 Å². The molecule has 6 heterocycles. The molecule has 9 nitrogen and oxygen atoms in total. The summed E-state index contributed by atoms with van der Waals surface area (Å²) < 4.78 is 5.27. The van der Waals surface area contributed by atoms with Crippen molar-refractivity contribution in [3.63, 3.8) is 0 Å². The maximum atomic E-state index is 5.27. The number of rotatable bonds is 6. The van der Waals surface area contributed by atoms with Crippen molar-refractivity contribution >= 4 is 27.8 Å². The van der Waals surface area contributed by atoms with Crippen molar-refractivity contribution in [1.29, 1.82) is 0 Å². The second-order valence-electron chi connectivity index (χ2n) is 9.33. The Morgan fingerprint density at radius 1 is 1.03 bits per heavy atom. The predicted molar refractivity (Wildman–Crippen MR) is 138 cm³/mol. The second-order valence-corrected chi connectivity index (χ2v) is 9.33. The van der Waals surface area contributed by atoms with Gasteiger partial charge in [0.15, 0.2) is 11.5 Å². The number of imidazole rings is 1. The summed E-state index contributed by atoms with van der Waals surface area (Å²) in [7, 11) is 0. The summed E-state index contributed by atoms with van der Waals surface area (Å²) in [6.45, 7) is 0.990. The SMILES string of the molecule is c1cc(-c2ccoc2)c2nc(-c3n[nH]c4cnc(-c5cncc(NCC6CCCC6)c5)cc34)[nH]c2n1. The smallest absolute Gasteiger partial charge is 0.160 e. The number of H-pyrrole nitrogens is 2. The van der Waals surface area contributed by atoms with Gasteiger partial charge in [0, 0.05) is 47.2 Å². The third-order valence-electron chi connectivity index (χ3n) is 6.99. The molecule has 1 saturated carbocycles. The summed E-state index contributed by atoms with van der Waals surface area (Å²) in [6.07, 6.45) is 15.9. The molecule has 0 aromatic carbocycles. The third-order valence-corrected chi connectivity index (χ3v) is 6.99. The molecule has 6 aromatic rings. The Kier molecular flexibility index (Phi) is 4.97. The lowest BCUT2D eigenvalue weighted by molar-refractivity contribution is 0.568. The molecule has 9 heteroatoms. The molecular weight excluding hydrogens is 452 g/mol. The molecule has 0 amide bonds. The minimum absolute atomic E-state index is 0.641. The minimum Gasteiger partial charge on any atom is -0.472 e. The molecule has 178 valence electrons. The zero-order chi connectivity index (χ0) is 23.9. The lowest BCUT2D eigenvalue weighted by Gasteiger charge is -2.12. The van der Waals surface area contributed by atoms with Crippen LogP contribution in [0.15, 0.2) is 66.0 Å². The number of fused-ring (bicyclic) bond motifs is 2. The second kappa shape index (κ2) is 8.60. The van der Waals surface area contributed by atoms with Crippen LogP contribution in [0.5, 0.6) is 0 Å². The quantitative estimate of drug-likeness (QED) is 0.277. The largest absolute Gasteiger partial charge is 0.472 e. The first-order valence-electron chi connectivity index (χ1n) is 12.2. The Morgan fingerprint density at radius 2 is 1.97 bits per heavy atom. The van der Waals surface area contributed by atoms with Gasteiger partial charge in [-0.1, -0.05) is 12.8 Å². The van der Waals surface area contributed by atoms with Crippen LogP contribution in [0, 0.1) is 5.92 Å². The highest BCUT2D eigenvalue weighted by atomic mass is 16.3. The van der Waals surface area contributed by atoms with Crippen molar-refractivity contribution in [2.45, 2.75) is 25.7 Å². The molecule has 3 N–H and O–H groups in total. The number of anilines is 1. The van der Waals surface area contributed by atoms with Crippen molar-refractivity contribution in [2.75, 3.05) is 11.9 Å². The monoisotopic (exact) mass is 476 g/mol. The normalized spacial score (nSPS) is 14.2. The molecule has 36 heavy (non-hydrogen) atoms. The van der Waals surface area contributed by atoms with Crippen molar-refractivity contribution < 1.29 is 4.42 Å². The van der Waals surface area contributed by atoms with E-state index < -0.39 is 0 Å². The van der Waals surface area contributed by atoms with Gasteiger partial charge in [-0.3, -0.25) is 15.1 Å². The molecule has 0 unspecified atom stereocenters. The highest BCUT2D eigenvalue weighted by Gasteiger charge is 2.18. The van der Waals surface area contributed by atoms with E-state index in [4.69, 9.17) is 9.40 Å². The zero-order valence-corrected chi connectivity index (χ0v) is 19.5. The van der Waals surface area contributed by atoms with E-state index in [9.17, 15) is 0 Å². The van der Waals surface area contributed by atoms with E-state index in [1.165, 1.54) is 25.7 Å². The average Bonchev–Trinajstić information content (AvgIpc) is 3.73. The highest BCUT2D eigenvalue weighted by molar-refractivity contribution is 5.96. The van der Waals surface area contributed by atoms with Gasteiger partial charge in [-0.2, -0.15) is 5.10 Å². The van der Waals surface area contributed by atoms with Gasteiger partial charge in [0.2, 0.25) is 0 Å². The van der Waals surface area contributed by atoms with Crippen LogP contribution in [0.2, 0.25) is 0 Å². The zero-order valence-electron chi connectivity index (χ0n) is 19.5. The van der Waals surface area contributed by atoms with Crippen LogP contribution in [0.25, 0.3) is 56.0 Å². The number of hydrogen-bond acceptors (Lipinski definition) is 7. The van der Waals surface area contributed by atoms with Crippen LogP contribution >= 0.6 is 0 Å². The van der Waals surface area contributed by atoms with Crippen molar-refractivity contribution in [1.82, 2.24) is 35.1 Å². The Labute approximate surface area is 206 Å². The molecule has 1 aliphatic carbocycles. The Balaban J connectivity index is 1.24. The maximum absolute atomic E-state index is 5.27. The fourth-order valence-electron chi connectivity index (χ4n) is 5.08. The van der Waals surface area contributed by atoms with Gasteiger partial charge in [-0.25, -0.2) is 9.97 Å². The Bertz CT molecular complexity index is 1660. The van der Waals surface area contributed by atoms with Gasteiger partial charge in [0.25, 0.3) is 0 Å². The van der Waals surface area contributed by atoms with E-state index in [2.05, 4.69) is 41.5 Å².